The highest BCUT2D eigenvalue weighted by atomic mass is 16.5. The summed E-state index contributed by atoms with van der Waals surface area (Å²) in [5, 5.41) is 0. The summed E-state index contributed by atoms with van der Waals surface area (Å²) in [5.41, 5.74) is 6.40. The summed E-state index contributed by atoms with van der Waals surface area (Å²) < 4.78 is 5.43. The molecule has 2 aromatic carbocycles. The zero-order valence-electron chi connectivity index (χ0n) is 14.9. The van der Waals surface area contributed by atoms with E-state index in [-0.39, 0.29) is 0 Å². The molecule has 0 aromatic heterocycles. The molecule has 25 heavy (non-hydrogen) atoms. The van der Waals surface area contributed by atoms with Crippen LogP contribution in [0.25, 0.3) is 5.57 Å². The first-order valence-electron chi connectivity index (χ1n) is 9.43. The van der Waals surface area contributed by atoms with Gasteiger partial charge in [-0.1, -0.05) is 42.5 Å². The lowest BCUT2D eigenvalue weighted by molar-refractivity contribution is 0.278. The van der Waals surface area contributed by atoms with Crippen LogP contribution in [0.1, 0.15) is 29.5 Å². The number of benzene rings is 2. The van der Waals surface area contributed by atoms with Gasteiger partial charge in [-0.15, -0.1) is 0 Å². The summed E-state index contributed by atoms with van der Waals surface area (Å²) >= 11 is 0. The standard InChI is InChI=1S/C23H25NO/c1-25-20-8-9-21-18(13-20)11-12-23-16-24(14-17-5-3-2-4-6-17)15-19(23)7-10-22(21)23/h2-6,8-10,13,19H,7,11-12,14-16H2,1H3. The van der Waals surface area contributed by atoms with Crippen LogP contribution in [0.3, 0.4) is 0 Å². The number of hydrogen-bond acceptors (Lipinski definition) is 2. The van der Waals surface area contributed by atoms with E-state index in [4.69, 9.17) is 4.74 Å². The fraction of sp³-hybridized carbons (Fsp3) is 0.391. The first kappa shape index (κ1) is 15.2. The van der Waals surface area contributed by atoms with Crippen LogP contribution in [0, 0.1) is 11.3 Å². The Hall–Kier alpha value is -2.06. The van der Waals surface area contributed by atoms with E-state index in [1.54, 1.807) is 12.7 Å². The molecule has 1 aliphatic heterocycles. The van der Waals surface area contributed by atoms with E-state index in [0.717, 1.165) is 18.2 Å². The molecular weight excluding hydrogens is 306 g/mol. The Balaban J connectivity index is 1.43. The number of aryl methyl sites for hydroxylation is 1. The van der Waals surface area contributed by atoms with Crippen molar-refractivity contribution >= 4 is 5.57 Å². The topological polar surface area (TPSA) is 12.5 Å². The van der Waals surface area contributed by atoms with Gasteiger partial charge in [0.15, 0.2) is 0 Å². The molecule has 0 radical (unpaired) electrons. The van der Waals surface area contributed by atoms with Crippen LogP contribution in [0.2, 0.25) is 0 Å². The molecule has 2 aliphatic carbocycles. The quantitative estimate of drug-likeness (QED) is 0.818. The van der Waals surface area contributed by atoms with Gasteiger partial charge < -0.3 is 4.74 Å². The molecule has 128 valence electrons. The molecule has 2 aromatic rings. The summed E-state index contributed by atoms with van der Waals surface area (Å²) in [7, 11) is 1.76. The fourth-order valence-corrected chi connectivity index (χ4v) is 5.43. The molecule has 0 saturated carbocycles. The maximum absolute atomic E-state index is 5.43. The number of ether oxygens (including phenoxy) is 1. The number of methoxy groups -OCH3 is 1. The van der Waals surface area contributed by atoms with Crippen molar-refractivity contribution < 1.29 is 4.74 Å². The molecule has 0 amide bonds. The first-order valence-corrected chi connectivity index (χ1v) is 9.43. The second-order valence-corrected chi connectivity index (χ2v) is 7.88. The zero-order chi connectivity index (χ0) is 16.9. The molecule has 2 unspecified atom stereocenters. The van der Waals surface area contributed by atoms with Crippen LogP contribution in [-0.4, -0.2) is 25.1 Å². The second-order valence-electron chi connectivity index (χ2n) is 7.88. The molecule has 5 rings (SSSR count). The van der Waals surface area contributed by atoms with Gasteiger partial charge in [0.25, 0.3) is 0 Å². The minimum absolute atomic E-state index is 0.385. The molecule has 2 nitrogen and oxygen atoms in total. The molecular formula is C23H25NO. The second kappa shape index (κ2) is 5.74. The molecule has 1 saturated heterocycles. The predicted molar refractivity (Wildman–Crippen MR) is 102 cm³/mol. The lowest BCUT2D eigenvalue weighted by Crippen LogP contribution is -2.33. The van der Waals surface area contributed by atoms with Crippen molar-refractivity contribution in [2.24, 2.45) is 11.3 Å². The van der Waals surface area contributed by atoms with E-state index in [2.05, 4.69) is 59.5 Å². The smallest absolute Gasteiger partial charge is 0.119 e. The largest absolute Gasteiger partial charge is 0.497 e. The molecule has 0 bridgehead atoms. The van der Waals surface area contributed by atoms with Crippen molar-refractivity contribution in [1.29, 1.82) is 0 Å². The summed E-state index contributed by atoms with van der Waals surface area (Å²) in [6, 6.07) is 17.6. The highest BCUT2D eigenvalue weighted by molar-refractivity contribution is 5.78. The van der Waals surface area contributed by atoms with Crippen LogP contribution in [0.4, 0.5) is 0 Å². The van der Waals surface area contributed by atoms with Crippen LogP contribution >= 0.6 is 0 Å². The summed E-state index contributed by atoms with van der Waals surface area (Å²) in [4.78, 5) is 2.68. The Kier molecular flexibility index (Phi) is 3.49. The molecule has 1 spiro atoms. The number of rotatable bonds is 3. The third-order valence-corrected chi connectivity index (χ3v) is 6.60. The van der Waals surface area contributed by atoms with Crippen molar-refractivity contribution in [3.63, 3.8) is 0 Å². The predicted octanol–water partition coefficient (Wildman–Crippen LogP) is 4.55. The molecule has 0 N–H and O–H groups in total. The Morgan fingerprint density at radius 2 is 2.04 bits per heavy atom. The van der Waals surface area contributed by atoms with E-state index in [1.165, 1.54) is 49.0 Å². The normalized spacial score (nSPS) is 27.4. The number of nitrogens with zero attached hydrogens (tertiary/aromatic N) is 1. The highest BCUT2D eigenvalue weighted by Crippen LogP contribution is 2.58. The lowest BCUT2D eigenvalue weighted by atomic mass is 9.66. The van der Waals surface area contributed by atoms with E-state index >= 15 is 0 Å². The number of likely N-dealkylation sites (tertiary alicyclic amines) is 1. The van der Waals surface area contributed by atoms with Crippen molar-refractivity contribution in [3.8, 4) is 5.75 Å². The van der Waals surface area contributed by atoms with Gasteiger partial charge in [-0.25, -0.2) is 0 Å². The first-order chi connectivity index (χ1) is 12.3. The van der Waals surface area contributed by atoms with Crippen LogP contribution in [-0.2, 0) is 13.0 Å². The van der Waals surface area contributed by atoms with Gasteiger partial charge in [-0.2, -0.15) is 0 Å². The Bertz CT molecular complexity index is 825. The van der Waals surface area contributed by atoms with Gasteiger partial charge in [-0.05, 0) is 59.6 Å². The van der Waals surface area contributed by atoms with Crippen molar-refractivity contribution in [2.45, 2.75) is 25.8 Å². The SMILES string of the molecule is COc1ccc2c(c1)CCC13CN(Cc4ccccc4)CC1CC=C23. The maximum Gasteiger partial charge on any atom is 0.119 e. The molecule has 1 heterocycles. The van der Waals surface area contributed by atoms with Crippen LogP contribution in [0.5, 0.6) is 5.75 Å². The fourth-order valence-electron chi connectivity index (χ4n) is 5.43. The monoisotopic (exact) mass is 331 g/mol. The Labute approximate surface area is 150 Å². The van der Waals surface area contributed by atoms with E-state index in [0.29, 0.717) is 5.41 Å². The average molecular weight is 331 g/mol. The van der Waals surface area contributed by atoms with E-state index in [1.807, 2.05) is 0 Å². The third-order valence-electron chi connectivity index (χ3n) is 6.60. The van der Waals surface area contributed by atoms with Crippen molar-refractivity contribution in [2.75, 3.05) is 20.2 Å². The van der Waals surface area contributed by atoms with Crippen LogP contribution < -0.4 is 4.74 Å². The number of allylic oxidation sites excluding steroid dienone is 1. The minimum Gasteiger partial charge on any atom is -0.497 e. The molecule has 2 atom stereocenters. The molecule has 1 fully saturated rings. The van der Waals surface area contributed by atoms with Gasteiger partial charge >= 0.3 is 0 Å². The summed E-state index contributed by atoms with van der Waals surface area (Å²) in [6.07, 6.45) is 6.25. The van der Waals surface area contributed by atoms with Gasteiger partial charge in [0.05, 0.1) is 7.11 Å². The highest BCUT2D eigenvalue weighted by Gasteiger charge is 2.52. The third kappa shape index (κ3) is 2.35. The van der Waals surface area contributed by atoms with Crippen LogP contribution in [0.15, 0.2) is 54.6 Å². The maximum atomic E-state index is 5.43. The molecule has 3 aliphatic rings. The number of hydrogen-bond donors (Lipinski definition) is 0. The van der Waals surface area contributed by atoms with Crippen molar-refractivity contribution in [1.82, 2.24) is 4.90 Å². The van der Waals surface area contributed by atoms with Gasteiger partial charge in [0, 0.05) is 25.0 Å². The van der Waals surface area contributed by atoms with Crippen molar-refractivity contribution in [3.05, 3.63) is 71.3 Å². The lowest BCUT2D eigenvalue weighted by Gasteiger charge is -2.38. The minimum atomic E-state index is 0.385. The summed E-state index contributed by atoms with van der Waals surface area (Å²) in [6.45, 7) is 3.53. The average Bonchev–Trinajstić information content (AvgIpc) is 3.16. The molecule has 2 heteroatoms. The summed E-state index contributed by atoms with van der Waals surface area (Å²) in [5.74, 6) is 1.78. The Morgan fingerprint density at radius 3 is 2.88 bits per heavy atom. The number of fused-ring (bicyclic) bond motifs is 2. The van der Waals surface area contributed by atoms with Gasteiger partial charge in [0.2, 0.25) is 0 Å². The zero-order valence-corrected chi connectivity index (χ0v) is 14.9. The van der Waals surface area contributed by atoms with E-state index < -0.39 is 0 Å². The van der Waals surface area contributed by atoms with Gasteiger partial charge in [-0.3, -0.25) is 4.90 Å². The Morgan fingerprint density at radius 1 is 1.16 bits per heavy atom. The van der Waals surface area contributed by atoms with E-state index in [9.17, 15) is 0 Å². The van der Waals surface area contributed by atoms with Gasteiger partial charge in [0.1, 0.15) is 5.75 Å².